The van der Waals surface area contributed by atoms with Crippen molar-refractivity contribution < 1.29 is 14.3 Å². The van der Waals surface area contributed by atoms with E-state index >= 15 is 0 Å². The van der Waals surface area contributed by atoms with Crippen molar-refractivity contribution in [2.24, 2.45) is 5.92 Å². The molecule has 3 aromatic rings. The quantitative estimate of drug-likeness (QED) is 0.526. The topological polar surface area (TPSA) is 73.2 Å². The molecule has 1 aromatic heterocycles. The molecule has 1 aliphatic rings. The molecule has 32 heavy (non-hydrogen) atoms. The minimum atomic E-state index is -0.400. The van der Waals surface area contributed by atoms with Gasteiger partial charge in [0.25, 0.3) is 0 Å². The molecule has 1 amide bonds. The number of hydrogen-bond donors (Lipinski definition) is 1. The van der Waals surface area contributed by atoms with Crippen LogP contribution in [0.1, 0.15) is 50.8 Å². The molecule has 0 radical (unpaired) electrons. The van der Waals surface area contributed by atoms with Gasteiger partial charge in [0.05, 0.1) is 16.9 Å². The number of anilines is 1. The minimum absolute atomic E-state index is 0.0947. The third-order valence-corrected chi connectivity index (χ3v) is 5.94. The summed E-state index contributed by atoms with van der Waals surface area (Å²) in [5.74, 6) is 0.213. The summed E-state index contributed by atoms with van der Waals surface area (Å²) < 4.78 is 7.34. The van der Waals surface area contributed by atoms with Gasteiger partial charge in [0, 0.05) is 18.5 Å². The van der Waals surface area contributed by atoms with Crippen LogP contribution >= 0.6 is 0 Å². The molecule has 6 heteroatoms. The van der Waals surface area contributed by atoms with Gasteiger partial charge in [-0.2, -0.15) is 9.78 Å². The number of carbonyl (C=O) groups is 2. The molecule has 0 aliphatic heterocycles. The zero-order valence-electron chi connectivity index (χ0n) is 18.9. The fraction of sp³-hybridized carbons (Fsp3) is 0.346. The molecule has 1 N–H and O–H groups in total. The first-order chi connectivity index (χ1) is 15.5. The Morgan fingerprint density at radius 2 is 1.72 bits per heavy atom. The number of aryl methyl sites for hydroxylation is 2. The van der Waals surface area contributed by atoms with Crippen LogP contribution in [0.15, 0.2) is 48.5 Å². The number of nitrogens with one attached hydrogen (secondary N) is 1. The molecule has 0 unspecified atom stereocenters. The molecule has 166 valence electrons. The molecule has 4 rings (SSSR count). The predicted octanol–water partition coefficient (Wildman–Crippen LogP) is 5.46. The van der Waals surface area contributed by atoms with E-state index < -0.39 is 5.97 Å². The summed E-state index contributed by atoms with van der Waals surface area (Å²) in [5, 5.41) is 7.78. The van der Waals surface area contributed by atoms with Gasteiger partial charge in [0.1, 0.15) is 0 Å². The van der Waals surface area contributed by atoms with Gasteiger partial charge in [-0.15, -0.1) is 0 Å². The van der Waals surface area contributed by atoms with Crippen molar-refractivity contribution in [1.29, 1.82) is 0 Å². The van der Waals surface area contributed by atoms with Gasteiger partial charge in [-0.05, 0) is 56.0 Å². The lowest BCUT2D eigenvalue weighted by Crippen LogP contribution is -2.20. The average molecular weight is 432 g/mol. The summed E-state index contributed by atoms with van der Waals surface area (Å²) in [5.41, 5.74) is 5.25. The fourth-order valence-electron chi connectivity index (χ4n) is 4.23. The van der Waals surface area contributed by atoms with E-state index in [2.05, 4.69) is 5.32 Å². The van der Waals surface area contributed by atoms with Crippen LogP contribution in [0.5, 0.6) is 5.88 Å². The highest BCUT2D eigenvalue weighted by atomic mass is 16.5. The van der Waals surface area contributed by atoms with Crippen molar-refractivity contribution >= 4 is 17.6 Å². The van der Waals surface area contributed by atoms with Crippen molar-refractivity contribution in [3.05, 3.63) is 59.8 Å². The van der Waals surface area contributed by atoms with Gasteiger partial charge in [-0.3, -0.25) is 9.59 Å². The van der Waals surface area contributed by atoms with Crippen LogP contribution in [-0.2, 0) is 16.0 Å². The van der Waals surface area contributed by atoms with Crippen LogP contribution in [0.3, 0.4) is 0 Å². The second-order valence-electron chi connectivity index (χ2n) is 8.37. The summed E-state index contributed by atoms with van der Waals surface area (Å²) in [6.07, 6.45) is 4.87. The van der Waals surface area contributed by atoms with Crippen molar-refractivity contribution in [2.75, 3.05) is 5.32 Å². The Kier molecular flexibility index (Phi) is 6.40. The van der Waals surface area contributed by atoms with E-state index in [1.54, 1.807) is 4.68 Å². The van der Waals surface area contributed by atoms with Crippen molar-refractivity contribution in [3.8, 4) is 22.7 Å². The highest BCUT2D eigenvalue weighted by Crippen LogP contribution is 2.37. The molecule has 1 fully saturated rings. The predicted molar refractivity (Wildman–Crippen MR) is 125 cm³/mol. The Bertz CT molecular complexity index is 1110. The van der Waals surface area contributed by atoms with Crippen molar-refractivity contribution in [3.63, 3.8) is 0 Å². The standard InChI is InChI=1S/C26H29N3O3/c1-4-23-24(19-11-13-21(14-12-19)27-25(31)20-7-5-6-8-20)26(32-18(3)30)29(28-23)22-15-9-17(2)10-16-22/h9-16,20H,4-8H2,1-3H3,(H,27,31). The van der Waals surface area contributed by atoms with Gasteiger partial charge in [0.15, 0.2) is 0 Å². The van der Waals surface area contributed by atoms with Gasteiger partial charge in [0.2, 0.25) is 11.8 Å². The zero-order valence-corrected chi connectivity index (χ0v) is 18.9. The molecule has 0 atom stereocenters. The van der Waals surface area contributed by atoms with Crippen LogP contribution in [-0.4, -0.2) is 21.7 Å². The lowest BCUT2D eigenvalue weighted by Gasteiger charge is -2.12. The van der Waals surface area contributed by atoms with Crippen LogP contribution in [0.4, 0.5) is 5.69 Å². The second kappa shape index (κ2) is 9.39. The van der Waals surface area contributed by atoms with Gasteiger partial charge in [-0.25, -0.2) is 0 Å². The highest BCUT2D eigenvalue weighted by Gasteiger charge is 2.24. The van der Waals surface area contributed by atoms with Gasteiger partial charge >= 0.3 is 5.97 Å². The largest absolute Gasteiger partial charge is 0.407 e. The SMILES string of the molecule is CCc1nn(-c2ccc(C)cc2)c(OC(C)=O)c1-c1ccc(NC(=O)C2CCCC2)cc1. The third-order valence-electron chi connectivity index (χ3n) is 5.94. The first kappa shape index (κ1) is 21.8. The molecule has 6 nitrogen and oxygen atoms in total. The summed E-state index contributed by atoms with van der Waals surface area (Å²) in [6.45, 7) is 5.44. The first-order valence-electron chi connectivity index (χ1n) is 11.2. The normalized spacial score (nSPS) is 13.8. The average Bonchev–Trinajstić information content (AvgIpc) is 3.43. The van der Waals surface area contributed by atoms with Crippen molar-refractivity contribution in [2.45, 2.75) is 52.9 Å². The van der Waals surface area contributed by atoms with Crippen LogP contribution in [0.2, 0.25) is 0 Å². The number of rotatable bonds is 6. The Hall–Kier alpha value is -3.41. The van der Waals surface area contributed by atoms with E-state index in [0.717, 1.165) is 59.4 Å². The van der Waals surface area contributed by atoms with E-state index in [0.29, 0.717) is 12.3 Å². The van der Waals surface area contributed by atoms with Crippen LogP contribution in [0, 0.1) is 12.8 Å². The zero-order chi connectivity index (χ0) is 22.7. The lowest BCUT2D eigenvalue weighted by molar-refractivity contribution is -0.132. The summed E-state index contributed by atoms with van der Waals surface area (Å²) in [6, 6.07) is 15.6. The molecule has 0 spiro atoms. The number of hydrogen-bond acceptors (Lipinski definition) is 4. The molecule has 2 aromatic carbocycles. The van der Waals surface area contributed by atoms with Crippen LogP contribution in [0.25, 0.3) is 16.8 Å². The highest BCUT2D eigenvalue weighted by molar-refractivity contribution is 5.93. The number of amides is 1. The monoisotopic (exact) mass is 431 g/mol. The maximum atomic E-state index is 12.4. The Morgan fingerprint density at radius 3 is 2.31 bits per heavy atom. The van der Waals surface area contributed by atoms with E-state index in [-0.39, 0.29) is 11.8 Å². The maximum absolute atomic E-state index is 12.4. The van der Waals surface area contributed by atoms with Gasteiger partial charge in [-0.1, -0.05) is 49.6 Å². The van der Waals surface area contributed by atoms with Crippen LogP contribution < -0.4 is 10.1 Å². The smallest absolute Gasteiger partial charge is 0.309 e. The molecule has 0 bridgehead atoms. The first-order valence-corrected chi connectivity index (χ1v) is 11.2. The number of esters is 1. The number of ether oxygens (including phenoxy) is 1. The number of aromatic nitrogens is 2. The molecular weight excluding hydrogens is 402 g/mol. The maximum Gasteiger partial charge on any atom is 0.309 e. The summed E-state index contributed by atoms with van der Waals surface area (Å²) in [4.78, 5) is 24.4. The number of benzene rings is 2. The summed E-state index contributed by atoms with van der Waals surface area (Å²) >= 11 is 0. The molecular formula is C26H29N3O3. The lowest BCUT2D eigenvalue weighted by atomic mass is 10.0. The Labute approximate surface area is 188 Å². The molecule has 0 saturated heterocycles. The third kappa shape index (κ3) is 4.59. The van der Waals surface area contributed by atoms with E-state index in [9.17, 15) is 9.59 Å². The molecule has 1 aliphatic carbocycles. The Morgan fingerprint density at radius 1 is 1.06 bits per heavy atom. The summed E-state index contributed by atoms with van der Waals surface area (Å²) in [7, 11) is 0. The minimum Gasteiger partial charge on any atom is -0.407 e. The van der Waals surface area contributed by atoms with E-state index in [1.807, 2.05) is 62.4 Å². The fourth-order valence-corrected chi connectivity index (χ4v) is 4.23. The van der Waals surface area contributed by atoms with E-state index in [1.165, 1.54) is 6.92 Å². The number of carbonyl (C=O) groups excluding carboxylic acids is 2. The second-order valence-corrected chi connectivity index (χ2v) is 8.37. The Balaban J connectivity index is 1.69. The van der Waals surface area contributed by atoms with E-state index in [4.69, 9.17) is 9.84 Å². The van der Waals surface area contributed by atoms with Gasteiger partial charge < -0.3 is 10.1 Å². The van der Waals surface area contributed by atoms with Crippen molar-refractivity contribution in [1.82, 2.24) is 9.78 Å². The molecule has 1 saturated carbocycles. The molecule has 1 heterocycles. The number of nitrogens with zero attached hydrogens (tertiary/aromatic N) is 2.